The monoisotopic (exact) mass is 589 g/mol. The lowest BCUT2D eigenvalue weighted by atomic mass is 10.1. The third kappa shape index (κ3) is 7.22. The maximum Gasteiger partial charge on any atom is 0.417 e. The SMILES string of the molecule is CC(O)CC(Oc1ccc(N2CCC(Oc3ncc(C(F)(F)F)cc3Cl)CC2)cc1)n1cc([N+](=O)[O-])nc1Cl. The van der Waals surface area contributed by atoms with Crippen LogP contribution < -0.4 is 14.4 Å². The standard InChI is InChI=1S/C24H24Cl2F3N5O5/c1-14(35)10-21(33-13-20(34(36)37)31-23(33)26)38-17-4-2-16(3-5-17)32-8-6-18(7-9-32)39-22-19(25)11-15(12-30-22)24(27,28)29/h2-5,11-14,18,21,35H,6-10H2,1H3. The number of pyridine rings is 1. The van der Waals surface area contributed by atoms with Gasteiger partial charge in [0.2, 0.25) is 5.88 Å². The number of imidazole rings is 1. The van der Waals surface area contributed by atoms with Crippen molar-refractivity contribution in [2.45, 2.75) is 50.8 Å². The molecule has 0 spiro atoms. The van der Waals surface area contributed by atoms with Gasteiger partial charge in [-0.2, -0.15) is 13.2 Å². The molecular formula is C24H24Cl2F3N5O5. The van der Waals surface area contributed by atoms with Crippen molar-refractivity contribution in [3.8, 4) is 11.6 Å². The topological polar surface area (TPSA) is 116 Å². The summed E-state index contributed by atoms with van der Waals surface area (Å²) in [5.41, 5.74) is -0.0245. The molecule has 0 radical (unpaired) electrons. The van der Waals surface area contributed by atoms with Crippen molar-refractivity contribution in [1.29, 1.82) is 0 Å². The van der Waals surface area contributed by atoms with Gasteiger partial charge in [0.05, 0.1) is 11.7 Å². The van der Waals surface area contributed by atoms with Crippen molar-refractivity contribution in [3.05, 3.63) is 68.7 Å². The highest BCUT2D eigenvalue weighted by Crippen LogP contribution is 2.34. The van der Waals surface area contributed by atoms with Crippen LogP contribution in [0.25, 0.3) is 0 Å². The van der Waals surface area contributed by atoms with E-state index >= 15 is 0 Å². The number of anilines is 1. The summed E-state index contributed by atoms with van der Waals surface area (Å²) in [5, 5.41) is 20.6. The van der Waals surface area contributed by atoms with Crippen LogP contribution >= 0.6 is 23.2 Å². The van der Waals surface area contributed by atoms with Crippen molar-refractivity contribution in [2.24, 2.45) is 0 Å². The van der Waals surface area contributed by atoms with E-state index in [4.69, 9.17) is 32.7 Å². The van der Waals surface area contributed by atoms with Crippen molar-refractivity contribution in [2.75, 3.05) is 18.0 Å². The van der Waals surface area contributed by atoms with E-state index in [9.17, 15) is 28.4 Å². The summed E-state index contributed by atoms with van der Waals surface area (Å²) >= 11 is 12.0. The van der Waals surface area contributed by atoms with Crippen LogP contribution in [-0.4, -0.2) is 49.9 Å². The first-order valence-corrected chi connectivity index (χ1v) is 12.6. The zero-order valence-corrected chi connectivity index (χ0v) is 22.0. The van der Waals surface area contributed by atoms with Crippen LogP contribution in [0.1, 0.15) is 38.0 Å². The molecule has 0 bridgehead atoms. The number of nitrogens with zero attached hydrogens (tertiary/aromatic N) is 5. The Labute approximate surface area is 231 Å². The molecule has 15 heteroatoms. The third-order valence-electron chi connectivity index (χ3n) is 6.04. The van der Waals surface area contributed by atoms with E-state index in [0.717, 1.165) is 18.0 Å². The van der Waals surface area contributed by atoms with Crippen molar-refractivity contribution < 1.29 is 32.7 Å². The Bertz CT molecular complexity index is 1300. The molecule has 10 nitrogen and oxygen atoms in total. The van der Waals surface area contributed by atoms with Gasteiger partial charge in [-0.3, -0.25) is 4.57 Å². The second-order valence-electron chi connectivity index (χ2n) is 9.00. The van der Waals surface area contributed by atoms with E-state index in [1.54, 1.807) is 19.1 Å². The Morgan fingerprint density at radius 2 is 1.90 bits per heavy atom. The Kier molecular flexibility index (Phi) is 8.72. The van der Waals surface area contributed by atoms with E-state index in [1.165, 1.54) is 4.57 Å². The molecule has 0 saturated carbocycles. The number of rotatable bonds is 9. The van der Waals surface area contributed by atoms with Crippen LogP contribution in [0.2, 0.25) is 10.3 Å². The summed E-state index contributed by atoms with van der Waals surface area (Å²) in [7, 11) is 0. The molecule has 0 aliphatic carbocycles. The number of hydrogen-bond donors (Lipinski definition) is 1. The number of ether oxygens (including phenoxy) is 2. The zero-order chi connectivity index (χ0) is 28.3. The maximum atomic E-state index is 12.8. The van der Waals surface area contributed by atoms with Crippen LogP contribution in [-0.2, 0) is 6.18 Å². The first kappa shape index (κ1) is 28.7. The zero-order valence-electron chi connectivity index (χ0n) is 20.5. The molecular weight excluding hydrogens is 566 g/mol. The van der Waals surface area contributed by atoms with Gasteiger partial charge in [0.25, 0.3) is 0 Å². The number of aliphatic hydroxyl groups excluding tert-OH is 1. The first-order chi connectivity index (χ1) is 18.4. The number of aliphatic hydroxyl groups is 1. The van der Waals surface area contributed by atoms with Crippen LogP contribution in [0.5, 0.6) is 11.6 Å². The van der Waals surface area contributed by atoms with Crippen LogP contribution in [0.15, 0.2) is 42.7 Å². The van der Waals surface area contributed by atoms with Crippen LogP contribution in [0.3, 0.4) is 0 Å². The molecule has 0 amide bonds. The summed E-state index contributed by atoms with van der Waals surface area (Å²) in [6.45, 7) is 2.82. The van der Waals surface area contributed by atoms with Crippen molar-refractivity contribution >= 4 is 34.7 Å². The van der Waals surface area contributed by atoms with Gasteiger partial charge in [-0.25, -0.2) is 4.98 Å². The molecule has 1 saturated heterocycles. The summed E-state index contributed by atoms with van der Waals surface area (Å²) in [6.07, 6.45) is -3.22. The average Bonchev–Trinajstić information content (AvgIpc) is 3.27. The fourth-order valence-corrected chi connectivity index (χ4v) is 4.56. The van der Waals surface area contributed by atoms with Gasteiger partial charge in [0.15, 0.2) is 6.23 Å². The molecule has 2 unspecified atom stereocenters. The minimum atomic E-state index is -4.54. The average molecular weight is 590 g/mol. The maximum absolute atomic E-state index is 12.8. The highest BCUT2D eigenvalue weighted by Gasteiger charge is 2.32. The van der Waals surface area contributed by atoms with Gasteiger partial charge in [-0.05, 0) is 58.8 Å². The number of alkyl halides is 3. The van der Waals surface area contributed by atoms with Gasteiger partial charge in [0, 0.05) is 44.2 Å². The fraction of sp³-hybridized carbons (Fsp3) is 0.417. The Balaban J connectivity index is 1.36. The summed E-state index contributed by atoms with van der Waals surface area (Å²) in [4.78, 5) is 19.9. The minimum Gasteiger partial charge on any atom is -0.473 e. The van der Waals surface area contributed by atoms with Crippen molar-refractivity contribution in [1.82, 2.24) is 14.5 Å². The van der Waals surface area contributed by atoms with E-state index in [2.05, 4.69) is 14.9 Å². The third-order valence-corrected chi connectivity index (χ3v) is 6.59. The van der Waals surface area contributed by atoms with E-state index in [-0.39, 0.29) is 28.7 Å². The minimum absolute atomic E-state index is 0.0281. The number of piperidine rings is 1. The molecule has 1 N–H and O–H groups in total. The van der Waals surface area contributed by atoms with Gasteiger partial charge in [0.1, 0.15) is 23.1 Å². The molecule has 1 aliphatic heterocycles. The molecule has 4 rings (SSSR count). The second kappa shape index (κ2) is 11.8. The molecule has 3 aromatic rings. The van der Waals surface area contributed by atoms with Gasteiger partial charge < -0.3 is 29.6 Å². The normalized spacial score (nSPS) is 16.1. The van der Waals surface area contributed by atoms with E-state index in [1.807, 2.05) is 12.1 Å². The molecule has 39 heavy (non-hydrogen) atoms. The number of halogens is 5. The molecule has 1 fully saturated rings. The summed E-state index contributed by atoms with van der Waals surface area (Å²) in [5.74, 6) is -0.00365. The summed E-state index contributed by atoms with van der Waals surface area (Å²) < 4.78 is 51.5. The molecule has 2 aromatic heterocycles. The Morgan fingerprint density at radius 1 is 1.23 bits per heavy atom. The van der Waals surface area contributed by atoms with E-state index < -0.39 is 34.8 Å². The van der Waals surface area contributed by atoms with Crippen LogP contribution in [0, 0.1) is 10.1 Å². The van der Waals surface area contributed by atoms with Crippen molar-refractivity contribution in [3.63, 3.8) is 0 Å². The molecule has 3 heterocycles. The lowest BCUT2D eigenvalue weighted by Gasteiger charge is -2.33. The lowest BCUT2D eigenvalue weighted by molar-refractivity contribution is -0.389. The number of benzene rings is 1. The molecule has 1 aliphatic rings. The highest BCUT2D eigenvalue weighted by atomic mass is 35.5. The highest BCUT2D eigenvalue weighted by molar-refractivity contribution is 6.31. The lowest BCUT2D eigenvalue weighted by Crippen LogP contribution is -2.38. The molecule has 210 valence electrons. The van der Waals surface area contributed by atoms with Gasteiger partial charge >= 0.3 is 17.3 Å². The fourth-order valence-electron chi connectivity index (χ4n) is 4.11. The Hall–Kier alpha value is -3.29. The Morgan fingerprint density at radius 3 is 2.44 bits per heavy atom. The van der Waals surface area contributed by atoms with Crippen LogP contribution in [0.4, 0.5) is 24.7 Å². The predicted octanol–water partition coefficient (Wildman–Crippen LogP) is 5.91. The first-order valence-electron chi connectivity index (χ1n) is 11.9. The predicted molar refractivity (Wildman–Crippen MR) is 136 cm³/mol. The van der Waals surface area contributed by atoms with E-state index in [0.29, 0.717) is 37.9 Å². The number of hydrogen-bond acceptors (Lipinski definition) is 8. The largest absolute Gasteiger partial charge is 0.473 e. The quantitative estimate of drug-likeness (QED) is 0.242. The molecule has 1 aromatic carbocycles. The molecule has 2 atom stereocenters. The number of aromatic nitrogens is 3. The second-order valence-corrected chi connectivity index (χ2v) is 9.74. The smallest absolute Gasteiger partial charge is 0.417 e. The number of nitro groups is 1. The summed E-state index contributed by atoms with van der Waals surface area (Å²) in [6, 6.07) is 7.97. The van der Waals surface area contributed by atoms with Gasteiger partial charge in [-0.1, -0.05) is 11.6 Å². The van der Waals surface area contributed by atoms with Gasteiger partial charge in [-0.15, -0.1) is 0 Å².